The molecular weight excluding hydrogens is 500 g/mol. The number of guanidine groups is 1. The van der Waals surface area contributed by atoms with Crippen LogP contribution in [0.1, 0.15) is 31.9 Å². The highest BCUT2D eigenvalue weighted by Gasteiger charge is 2.25. The minimum Gasteiger partial charge on any atom is -0.485 e. The van der Waals surface area contributed by atoms with Crippen LogP contribution < -0.4 is 10.1 Å². The van der Waals surface area contributed by atoms with Crippen molar-refractivity contribution in [3.63, 3.8) is 0 Å². The van der Waals surface area contributed by atoms with Gasteiger partial charge in [0.05, 0.1) is 25.9 Å². The number of rotatable bonds is 7. The van der Waals surface area contributed by atoms with Crippen molar-refractivity contribution in [3.8, 4) is 5.75 Å². The highest BCUT2D eigenvalue weighted by Crippen LogP contribution is 2.22. The molecule has 1 aromatic carbocycles. The van der Waals surface area contributed by atoms with E-state index in [0.717, 1.165) is 31.0 Å². The van der Waals surface area contributed by atoms with E-state index < -0.39 is 0 Å². The molecular formula is C21H31FIN5O2. The maximum Gasteiger partial charge on any atom is 0.194 e. The second kappa shape index (κ2) is 12.1. The van der Waals surface area contributed by atoms with Gasteiger partial charge in [-0.25, -0.2) is 9.38 Å². The molecule has 1 aliphatic heterocycles. The van der Waals surface area contributed by atoms with Crippen molar-refractivity contribution in [1.82, 2.24) is 20.0 Å². The predicted molar refractivity (Wildman–Crippen MR) is 126 cm³/mol. The highest BCUT2D eigenvalue weighted by molar-refractivity contribution is 14.0. The Bertz CT molecular complexity index is 816. The number of aromatic nitrogens is 2. The Morgan fingerprint density at radius 3 is 2.87 bits per heavy atom. The lowest BCUT2D eigenvalue weighted by atomic mass is 10.1. The molecule has 0 aliphatic carbocycles. The molecule has 1 aromatic heterocycles. The second-order valence-electron chi connectivity index (χ2n) is 7.03. The Morgan fingerprint density at radius 2 is 2.20 bits per heavy atom. The van der Waals surface area contributed by atoms with Crippen LogP contribution in [0.5, 0.6) is 5.75 Å². The van der Waals surface area contributed by atoms with Crippen LogP contribution in [0.4, 0.5) is 4.39 Å². The fourth-order valence-corrected chi connectivity index (χ4v) is 3.23. The average Bonchev–Trinajstić information content (AvgIpc) is 3.18. The Kier molecular flexibility index (Phi) is 9.83. The van der Waals surface area contributed by atoms with Crippen LogP contribution in [0.3, 0.4) is 0 Å². The van der Waals surface area contributed by atoms with E-state index in [4.69, 9.17) is 14.5 Å². The van der Waals surface area contributed by atoms with E-state index in [1.165, 1.54) is 6.07 Å². The molecule has 166 valence electrons. The second-order valence-corrected chi connectivity index (χ2v) is 7.03. The molecule has 30 heavy (non-hydrogen) atoms. The molecule has 0 saturated carbocycles. The van der Waals surface area contributed by atoms with Crippen LogP contribution in [0.25, 0.3) is 0 Å². The maximum absolute atomic E-state index is 13.9. The van der Waals surface area contributed by atoms with Crippen molar-refractivity contribution in [2.24, 2.45) is 12.0 Å². The predicted octanol–water partition coefficient (Wildman–Crippen LogP) is 3.37. The first kappa shape index (κ1) is 24.4. The van der Waals surface area contributed by atoms with Gasteiger partial charge < -0.3 is 19.7 Å². The zero-order valence-corrected chi connectivity index (χ0v) is 20.1. The van der Waals surface area contributed by atoms with Gasteiger partial charge in [-0.2, -0.15) is 5.10 Å². The van der Waals surface area contributed by atoms with Crippen LogP contribution in [0.15, 0.2) is 41.7 Å². The summed E-state index contributed by atoms with van der Waals surface area (Å²) in [6.07, 6.45) is 4.31. The summed E-state index contributed by atoms with van der Waals surface area (Å²) in [5, 5.41) is 7.59. The summed E-state index contributed by atoms with van der Waals surface area (Å²) >= 11 is 0. The molecule has 0 spiro atoms. The molecule has 1 N–H and O–H groups in total. The number of para-hydroxylation sites is 1. The van der Waals surface area contributed by atoms with Crippen molar-refractivity contribution in [3.05, 3.63) is 48.0 Å². The van der Waals surface area contributed by atoms with Crippen molar-refractivity contribution < 1.29 is 13.9 Å². The number of aryl methyl sites for hydroxylation is 1. The van der Waals surface area contributed by atoms with Gasteiger partial charge in [-0.05, 0) is 25.5 Å². The van der Waals surface area contributed by atoms with Crippen LogP contribution in [-0.4, -0.2) is 59.5 Å². The van der Waals surface area contributed by atoms with Crippen LogP contribution >= 0.6 is 24.0 Å². The molecule has 7 nitrogen and oxygen atoms in total. The summed E-state index contributed by atoms with van der Waals surface area (Å²) in [5.41, 5.74) is 1.06. The number of hydrogen-bond acceptors (Lipinski definition) is 4. The number of aliphatic imine (C=N–C) groups is 1. The van der Waals surface area contributed by atoms with Crippen LogP contribution in [0, 0.1) is 5.82 Å². The lowest BCUT2D eigenvalue weighted by Crippen LogP contribution is -2.48. The Morgan fingerprint density at radius 1 is 1.40 bits per heavy atom. The van der Waals surface area contributed by atoms with Gasteiger partial charge in [0.2, 0.25) is 0 Å². The summed E-state index contributed by atoms with van der Waals surface area (Å²) < 4.78 is 27.5. The molecule has 1 saturated heterocycles. The van der Waals surface area contributed by atoms with Gasteiger partial charge in [-0.3, -0.25) is 4.68 Å². The summed E-state index contributed by atoms with van der Waals surface area (Å²) in [5.74, 6) is 0.733. The maximum atomic E-state index is 13.9. The molecule has 2 aromatic rings. The molecule has 2 unspecified atom stereocenters. The quantitative estimate of drug-likeness (QED) is 0.338. The van der Waals surface area contributed by atoms with Gasteiger partial charge in [0.15, 0.2) is 17.5 Å². The van der Waals surface area contributed by atoms with Crippen LogP contribution in [0.2, 0.25) is 0 Å². The fraction of sp³-hybridized carbons (Fsp3) is 0.524. The van der Waals surface area contributed by atoms with Gasteiger partial charge in [0, 0.05) is 31.9 Å². The average molecular weight is 531 g/mol. The zero-order chi connectivity index (χ0) is 20.6. The van der Waals surface area contributed by atoms with Crippen molar-refractivity contribution >= 4 is 29.9 Å². The van der Waals surface area contributed by atoms with E-state index in [0.29, 0.717) is 19.7 Å². The molecule has 0 amide bonds. The van der Waals surface area contributed by atoms with Gasteiger partial charge in [0.1, 0.15) is 12.2 Å². The van der Waals surface area contributed by atoms with E-state index >= 15 is 0 Å². The summed E-state index contributed by atoms with van der Waals surface area (Å²) in [4.78, 5) is 6.97. The molecule has 9 heteroatoms. The molecule has 3 rings (SSSR count). The first-order valence-electron chi connectivity index (χ1n) is 10.1. The molecule has 1 aliphatic rings. The minimum atomic E-state index is -0.352. The van der Waals surface area contributed by atoms with E-state index in [1.807, 2.05) is 33.3 Å². The number of nitrogens with one attached hydrogen (secondary N) is 1. The largest absolute Gasteiger partial charge is 0.485 e. The van der Waals surface area contributed by atoms with E-state index in [1.54, 1.807) is 22.9 Å². The van der Waals surface area contributed by atoms with E-state index in [9.17, 15) is 4.39 Å². The number of halogens is 2. The Hall–Kier alpha value is -1.88. The summed E-state index contributed by atoms with van der Waals surface area (Å²) in [6.45, 7) is 7.34. The Balaban J connectivity index is 0.00000320. The van der Waals surface area contributed by atoms with Crippen molar-refractivity contribution in [2.45, 2.75) is 32.5 Å². The Labute approximate surface area is 194 Å². The molecule has 2 atom stereocenters. The summed E-state index contributed by atoms with van der Waals surface area (Å²) in [6, 6.07) is 6.47. The molecule has 2 heterocycles. The van der Waals surface area contributed by atoms with Crippen molar-refractivity contribution in [2.75, 3.05) is 32.8 Å². The topological polar surface area (TPSA) is 63.9 Å². The molecule has 0 bridgehead atoms. The van der Waals surface area contributed by atoms with E-state index in [-0.39, 0.29) is 47.8 Å². The lowest BCUT2D eigenvalue weighted by Gasteiger charge is -2.35. The summed E-state index contributed by atoms with van der Waals surface area (Å²) in [7, 11) is 1.90. The van der Waals surface area contributed by atoms with E-state index in [2.05, 4.69) is 15.3 Å². The number of ether oxygens (including phenoxy) is 2. The number of morpholine rings is 1. The van der Waals surface area contributed by atoms with Gasteiger partial charge in [-0.15, -0.1) is 24.0 Å². The van der Waals surface area contributed by atoms with Crippen LogP contribution in [-0.2, 0) is 11.8 Å². The number of hydrogen-bond donors (Lipinski definition) is 1. The smallest absolute Gasteiger partial charge is 0.194 e. The highest BCUT2D eigenvalue weighted by atomic mass is 127. The van der Waals surface area contributed by atoms with Gasteiger partial charge >= 0.3 is 0 Å². The van der Waals surface area contributed by atoms with Gasteiger partial charge in [0.25, 0.3) is 0 Å². The third-order valence-electron chi connectivity index (χ3n) is 4.83. The zero-order valence-electron chi connectivity index (χ0n) is 17.8. The minimum absolute atomic E-state index is 0. The standard InChI is InChI=1S/C21H30FN5O2.HI/c1-4-17(29-19-9-7-6-8-18(19)22)13-24-21(23-5-2)27-10-11-28-20(15-27)16-12-25-26(3)14-16;/h6-9,12,14,17,20H,4-5,10-11,13,15H2,1-3H3,(H,23,24);1H. The SMILES string of the molecule is CCNC(=NCC(CC)Oc1ccccc1F)N1CCOC(c2cnn(C)c2)C1.I. The monoisotopic (exact) mass is 531 g/mol. The third-order valence-corrected chi connectivity index (χ3v) is 4.83. The third kappa shape index (κ3) is 6.56. The molecule has 1 fully saturated rings. The van der Waals surface area contributed by atoms with Gasteiger partial charge in [-0.1, -0.05) is 19.1 Å². The number of benzene rings is 1. The first-order valence-corrected chi connectivity index (χ1v) is 10.1. The first-order chi connectivity index (χ1) is 14.1. The molecule has 0 radical (unpaired) electrons. The fourth-order valence-electron chi connectivity index (χ4n) is 3.23. The number of nitrogens with zero attached hydrogens (tertiary/aromatic N) is 4. The van der Waals surface area contributed by atoms with Crippen molar-refractivity contribution in [1.29, 1.82) is 0 Å². The lowest BCUT2D eigenvalue weighted by molar-refractivity contribution is -0.00810. The normalized spacial score (nSPS) is 17.9.